The molecular weight excluding hydrogens is 834 g/mol. The van der Waals surface area contributed by atoms with Crippen molar-refractivity contribution < 1.29 is 19.1 Å². The molecule has 0 heterocycles. The quantitative estimate of drug-likeness (QED) is 0.0822. The lowest BCUT2D eigenvalue weighted by molar-refractivity contribution is 0.0725. The second-order valence-corrected chi connectivity index (χ2v) is 15.6. The zero-order chi connectivity index (χ0) is 41.9. The van der Waals surface area contributed by atoms with Crippen LogP contribution in [0.5, 0.6) is 11.5 Å². The Morgan fingerprint density at radius 1 is 0.483 bits per heavy atom. The molecule has 0 atom stereocenters. The number of ether oxygens (including phenoxy) is 2. The van der Waals surface area contributed by atoms with E-state index in [1.165, 1.54) is 12.1 Å². The van der Waals surface area contributed by atoms with Crippen molar-refractivity contribution in [1.82, 2.24) is 0 Å². The van der Waals surface area contributed by atoms with E-state index in [9.17, 15) is 9.59 Å². The molecule has 0 aliphatic carbocycles. The van der Waals surface area contributed by atoms with Gasteiger partial charge in [0.05, 0.1) is 32.5 Å². The number of halogens is 4. The number of hydrogen-bond donors (Lipinski definition) is 0. The molecule has 0 N–H and O–H groups in total. The van der Waals surface area contributed by atoms with Crippen molar-refractivity contribution in [3.05, 3.63) is 199 Å². The van der Waals surface area contributed by atoms with E-state index in [4.69, 9.17) is 65.9 Å². The van der Waals surface area contributed by atoms with E-state index in [0.717, 1.165) is 55.2 Å². The normalized spacial score (nSPS) is 11.5. The van der Waals surface area contributed by atoms with Crippen LogP contribution in [0.4, 0.5) is 11.4 Å². The number of rotatable bonds is 9. The number of benzene rings is 8. The van der Waals surface area contributed by atoms with Gasteiger partial charge in [0.1, 0.15) is 11.5 Å². The van der Waals surface area contributed by atoms with Gasteiger partial charge in [0.15, 0.2) is 0 Å². The first-order valence-corrected chi connectivity index (χ1v) is 20.2. The van der Waals surface area contributed by atoms with E-state index < -0.39 is 11.9 Å². The van der Waals surface area contributed by atoms with Crippen LogP contribution in [0.15, 0.2) is 156 Å². The lowest BCUT2D eigenvalue weighted by Crippen LogP contribution is -2.10. The molecule has 8 aromatic carbocycles. The van der Waals surface area contributed by atoms with Gasteiger partial charge < -0.3 is 9.47 Å². The van der Waals surface area contributed by atoms with Crippen molar-refractivity contribution in [3.63, 3.8) is 0 Å². The third-order valence-corrected chi connectivity index (χ3v) is 11.1. The van der Waals surface area contributed by atoms with Gasteiger partial charge in [0.2, 0.25) is 0 Å². The second kappa shape index (κ2) is 17.5. The molecule has 0 radical (unpaired) electrons. The molecule has 0 saturated carbocycles. The first-order chi connectivity index (χ1) is 29.0. The van der Waals surface area contributed by atoms with Crippen LogP contribution in [-0.2, 0) is 0 Å². The van der Waals surface area contributed by atoms with Gasteiger partial charge in [-0.15, -0.1) is 0 Å². The number of nitrogens with zero attached hydrogens (tertiary/aromatic N) is 2. The SMILES string of the molecule is Cc1cc(N=Cc2c(OC(=O)c3ccc(Cl)cc3Cl)ccc3ccccc23)ccc1-c1ccc(N=Cc2c(OC(=O)c3ccc(Cl)cc3Cl)ccc3ccccc23)cc1C. The van der Waals surface area contributed by atoms with Gasteiger partial charge in [-0.3, -0.25) is 9.98 Å². The van der Waals surface area contributed by atoms with Gasteiger partial charge in [-0.1, -0.05) is 119 Å². The lowest BCUT2D eigenvalue weighted by atomic mass is 9.96. The third kappa shape index (κ3) is 8.69. The minimum absolute atomic E-state index is 0.202. The molecule has 0 aliphatic rings. The Bertz CT molecular complexity index is 2860. The highest BCUT2D eigenvalue weighted by Crippen LogP contribution is 2.35. The molecule has 0 bridgehead atoms. The van der Waals surface area contributed by atoms with Gasteiger partial charge in [-0.25, -0.2) is 9.59 Å². The molecule has 0 aromatic heterocycles. The Labute approximate surface area is 366 Å². The van der Waals surface area contributed by atoms with E-state index in [-0.39, 0.29) is 21.2 Å². The summed E-state index contributed by atoms with van der Waals surface area (Å²) in [6, 6.07) is 44.3. The monoisotopic (exact) mass is 864 g/mol. The van der Waals surface area contributed by atoms with Crippen molar-refractivity contribution in [2.75, 3.05) is 0 Å². The van der Waals surface area contributed by atoms with Crippen molar-refractivity contribution in [2.24, 2.45) is 9.98 Å². The average molecular weight is 867 g/mol. The molecule has 10 heteroatoms. The van der Waals surface area contributed by atoms with Crippen LogP contribution in [0.25, 0.3) is 32.7 Å². The summed E-state index contributed by atoms with van der Waals surface area (Å²) in [7, 11) is 0. The minimum Gasteiger partial charge on any atom is -0.422 e. The van der Waals surface area contributed by atoms with Gasteiger partial charge in [0.25, 0.3) is 0 Å². The number of carbonyl (C=O) groups excluding carboxylic acids is 2. The Kier molecular flexibility index (Phi) is 11.8. The first-order valence-electron chi connectivity index (χ1n) is 18.7. The lowest BCUT2D eigenvalue weighted by Gasteiger charge is -2.13. The van der Waals surface area contributed by atoms with Gasteiger partial charge in [-0.2, -0.15) is 0 Å². The van der Waals surface area contributed by atoms with Gasteiger partial charge in [0, 0.05) is 33.6 Å². The Hall–Kier alpha value is -6.28. The topological polar surface area (TPSA) is 77.3 Å². The maximum Gasteiger partial charge on any atom is 0.345 e. The van der Waals surface area contributed by atoms with Crippen molar-refractivity contribution >= 4 is 104 Å². The number of aliphatic imine (C=N–C) groups is 2. The summed E-state index contributed by atoms with van der Waals surface area (Å²) in [5, 5.41) is 4.94. The molecule has 0 saturated heterocycles. The van der Waals surface area contributed by atoms with E-state index in [0.29, 0.717) is 32.7 Å². The number of fused-ring (bicyclic) bond motifs is 2. The predicted octanol–water partition coefficient (Wildman–Crippen LogP) is 14.8. The Balaban J connectivity index is 1.05. The molecule has 294 valence electrons. The van der Waals surface area contributed by atoms with Crippen LogP contribution in [0.2, 0.25) is 20.1 Å². The fraction of sp³-hybridized carbons (Fsp3) is 0.0400. The summed E-state index contributed by atoms with van der Waals surface area (Å²) in [5.74, 6) is -0.510. The molecule has 8 aromatic rings. The summed E-state index contributed by atoms with van der Waals surface area (Å²) < 4.78 is 11.8. The van der Waals surface area contributed by atoms with Crippen LogP contribution < -0.4 is 9.47 Å². The van der Waals surface area contributed by atoms with E-state index in [1.54, 1.807) is 48.8 Å². The zero-order valence-corrected chi connectivity index (χ0v) is 35.1. The largest absolute Gasteiger partial charge is 0.422 e. The molecule has 0 unspecified atom stereocenters. The van der Waals surface area contributed by atoms with E-state index in [2.05, 4.69) is 0 Å². The fourth-order valence-electron chi connectivity index (χ4n) is 6.95. The van der Waals surface area contributed by atoms with Gasteiger partial charge >= 0.3 is 11.9 Å². The Morgan fingerprint density at radius 3 is 1.30 bits per heavy atom. The highest BCUT2D eigenvalue weighted by atomic mass is 35.5. The Morgan fingerprint density at radius 2 is 0.900 bits per heavy atom. The summed E-state index contributed by atoms with van der Waals surface area (Å²) in [5.41, 5.74) is 7.31. The molecule has 0 fully saturated rings. The van der Waals surface area contributed by atoms with Crippen LogP contribution in [0, 0.1) is 13.8 Å². The second-order valence-electron chi connectivity index (χ2n) is 13.9. The highest BCUT2D eigenvalue weighted by Gasteiger charge is 2.18. The molecule has 60 heavy (non-hydrogen) atoms. The molecule has 8 rings (SSSR count). The molecular formula is C50H32Cl4N2O4. The summed E-state index contributed by atoms with van der Waals surface area (Å²) in [4.78, 5) is 36.1. The molecule has 0 spiro atoms. The van der Waals surface area contributed by atoms with E-state index >= 15 is 0 Å². The third-order valence-electron chi connectivity index (χ3n) is 9.96. The molecule has 0 aliphatic heterocycles. The highest BCUT2D eigenvalue weighted by molar-refractivity contribution is 6.37. The summed E-state index contributed by atoms with van der Waals surface area (Å²) in [6.07, 6.45) is 3.44. The zero-order valence-electron chi connectivity index (χ0n) is 32.1. The average Bonchev–Trinajstić information content (AvgIpc) is 3.23. The van der Waals surface area contributed by atoms with E-state index in [1.807, 2.05) is 111 Å². The summed E-state index contributed by atoms with van der Waals surface area (Å²) >= 11 is 24.7. The fourth-order valence-corrected chi connectivity index (χ4v) is 7.93. The van der Waals surface area contributed by atoms with Crippen LogP contribution in [0.3, 0.4) is 0 Å². The number of hydrogen-bond acceptors (Lipinski definition) is 6. The molecule has 0 amide bonds. The number of carbonyl (C=O) groups is 2. The first kappa shape index (κ1) is 40.5. The minimum atomic E-state index is -0.603. The van der Waals surface area contributed by atoms with Crippen LogP contribution in [-0.4, -0.2) is 24.4 Å². The van der Waals surface area contributed by atoms with Crippen molar-refractivity contribution in [2.45, 2.75) is 13.8 Å². The maximum absolute atomic E-state index is 13.2. The summed E-state index contributed by atoms with van der Waals surface area (Å²) in [6.45, 7) is 4.09. The number of aryl methyl sites for hydroxylation is 2. The van der Waals surface area contributed by atoms with Crippen molar-refractivity contribution in [1.29, 1.82) is 0 Å². The van der Waals surface area contributed by atoms with Gasteiger partial charge in [-0.05, 0) is 130 Å². The van der Waals surface area contributed by atoms with Crippen molar-refractivity contribution in [3.8, 4) is 22.6 Å². The smallest absolute Gasteiger partial charge is 0.345 e. The number of esters is 2. The van der Waals surface area contributed by atoms with Crippen LogP contribution in [0.1, 0.15) is 43.0 Å². The standard InChI is InChI=1S/C50H32Cl4N2O4/c1-29-23-35(55-27-43-39-9-5-3-7-31(39)11-21-47(43)59-49(57)41-17-13-33(51)25-45(41)53)15-19-37(29)38-20-16-36(24-30(38)2)56-28-44-40-10-6-4-8-32(40)12-22-48(44)60-50(58)42-18-14-34(52)26-46(42)54/h3-28H,1-2H3. The maximum atomic E-state index is 13.2. The van der Waals surface area contributed by atoms with Crippen LogP contribution >= 0.6 is 46.4 Å². The predicted molar refractivity (Wildman–Crippen MR) is 247 cm³/mol. The molecule has 6 nitrogen and oxygen atoms in total.